The van der Waals surface area contributed by atoms with E-state index < -0.39 is 0 Å². The Hall–Kier alpha value is -1.42. The van der Waals surface area contributed by atoms with Crippen LogP contribution in [-0.4, -0.2) is 25.6 Å². The summed E-state index contributed by atoms with van der Waals surface area (Å²) < 4.78 is 5.11. The molecule has 0 aliphatic rings. The van der Waals surface area contributed by atoms with Crippen molar-refractivity contribution < 1.29 is 9.53 Å². The van der Waals surface area contributed by atoms with E-state index in [9.17, 15) is 4.79 Å². The third-order valence-corrected chi connectivity index (χ3v) is 2.59. The molecule has 0 atom stereocenters. The Morgan fingerprint density at radius 1 is 1.44 bits per heavy atom. The van der Waals surface area contributed by atoms with Crippen LogP contribution in [0, 0.1) is 0 Å². The van der Waals surface area contributed by atoms with Crippen LogP contribution < -0.4 is 15.4 Å². The fourth-order valence-corrected chi connectivity index (χ4v) is 1.68. The van der Waals surface area contributed by atoms with Crippen LogP contribution in [0.15, 0.2) is 18.2 Å². The summed E-state index contributed by atoms with van der Waals surface area (Å²) in [6.45, 7) is 4.45. The van der Waals surface area contributed by atoms with Gasteiger partial charge in [-0.25, -0.2) is 0 Å². The Balaban J connectivity index is 2.42. The third kappa shape index (κ3) is 4.84. The predicted octanol–water partition coefficient (Wildman–Crippen LogP) is 2.68. The first-order chi connectivity index (χ1) is 8.52. The van der Waals surface area contributed by atoms with Crippen molar-refractivity contribution in [3.63, 3.8) is 0 Å². The van der Waals surface area contributed by atoms with Gasteiger partial charge in [0.15, 0.2) is 0 Å². The van der Waals surface area contributed by atoms with Gasteiger partial charge in [0.1, 0.15) is 5.75 Å². The van der Waals surface area contributed by atoms with Crippen LogP contribution in [0.25, 0.3) is 0 Å². The van der Waals surface area contributed by atoms with E-state index in [1.165, 1.54) is 0 Å². The van der Waals surface area contributed by atoms with Gasteiger partial charge in [0.05, 0.1) is 12.1 Å². The Bertz CT molecular complexity index is 408. The maximum Gasteiger partial charge on any atom is 0.221 e. The van der Waals surface area contributed by atoms with Crippen molar-refractivity contribution in [2.75, 3.05) is 19.0 Å². The van der Waals surface area contributed by atoms with Crippen molar-refractivity contribution >= 4 is 23.2 Å². The zero-order valence-electron chi connectivity index (χ0n) is 10.9. The van der Waals surface area contributed by atoms with Crippen LogP contribution in [-0.2, 0) is 4.79 Å². The number of ether oxygens (including phenoxy) is 1. The molecular weight excluding hydrogens is 252 g/mol. The quantitative estimate of drug-likeness (QED) is 0.836. The van der Waals surface area contributed by atoms with Gasteiger partial charge in [0.25, 0.3) is 0 Å². The molecule has 0 saturated carbocycles. The molecule has 0 aliphatic carbocycles. The number of halogens is 1. The van der Waals surface area contributed by atoms with Gasteiger partial charge in [-0.3, -0.25) is 4.79 Å². The molecule has 18 heavy (non-hydrogen) atoms. The molecule has 5 heteroatoms. The smallest absolute Gasteiger partial charge is 0.221 e. The summed E-state index contributed by atoms with van der Waals surface area (Å²) in [4.78, 5) is 11.4. The number of methoxy groups -OCH3 is 1. The maximum absolute atomic E-state index is 11.4. The molecule has 1 aromatic rings. The lowest BCUT2D eigenvalue weighted by Gasteiger charge is -2.10. The second-order valence-electron chi connectivity index (χ2n) is 4.25. The predicted molar refractivity (Wildman–Crippen MR) is 74.4 cm³/mol. The molecule has 4 nitrogen and oxygen atoms in total. The largest absolute Gasteiger partial charge is 0.495 e. The molecule has 0 bridgehead atoms. The molecule has 0 spiro atoms. The number of carbonyl (C=O) groups is 1. The number of benzene rings is 1. The molecule has 1 rings (SSSR count). The number of carbonyl (C=O) groups excluding carboxylic acids is 1. The number of anilines is 1. The van der Waals surface area contributed by atoms with Crippen LogP contribution in [0.1, 0.15) is 20.3 Å². The second-order valence-corrected chi connectivity index (χ2v) is 4.66. The third-order valence-electron chi connectivity index (χ3n) is 2.28. The van der Waals surface area contributed by atoms with Gasteiger partial charge in [0, 0.05) is 30.8 Å². The molecule has 0 unspecified atom stereocenters. The molecule has 100 valence electrons. The van der Waals surface area contributed by atoms with Crippen molar-refractivity contribution in [3.05, 3.63) is 23.2 Å². The number of rotatable bonds is 6. The highest BCUT2D eigenvalue weighted by Crippen LogP contribution is 2.27. The fraction of sp³-hybridized carbons (Fsp3) is 0.462. The Labute approximate surface area is 113 Å². The van der Waals surface area contributed by atoms with Crippen molar-refractivity contribution in [2.45, 2.75) is 26.3 Å². The average Bonchev–Trinajstić information content (AvgIpc) is 2.30. The molecule has 0 heterocycles. The lowest BCUT2D eigenvalue weighted by molar-refractivity contribution is -0.121. The number of hydrogen-bond donors (Lipinski definition) is 2. The van der Waals surface area contributed by atoms with Crippen molar-refractivity contribution in [1.29, 1.82) is 0 Å². The van der Waals surface area contributed by atoms with Crippen molar-refractivity contribution in [3.8, 4) is 5.75 Å². The highest BCUT2D eigenvalue weighted by molar-refractivity contribution is 6.32. The molecule has 0 aliphatic heterocycles. The molecule has 0 fully saturated rings. The van der Waals surface area contributed by atoms with Gasteiger partial charge >= 0.3 is 0 Å². The zero-order valence-corrected chi connectivity index (χ0v) is 11.7. The molecule has 0 radical (unpaired) electrons. The van der Waals surface area contributed by atoms with Gasteiger partial charge in [-0.15, -0.1) is 0 Å². The molecule has 2 N–H and O–H groups in total. The minimum atomic E-state index is 0.0402. The maximum atomic E-state index is 11.4. The molecular formula is C13H19ClN2O2. The first kappa shape index (κ1) is 14.6. The lowest BCUT2D eigenvalue weighted by atomic mass is 10.3. The summed E-state index contributed by atoms with van der Waals surface area (Å²) in [6.07, 6.45) is 0.434. The van der Waals surface area contributed by atoms with Crippen molar-refractivity contribution in [1.82, 2.24) is 5.32 Å². The molecule has 1 amide bonds. The Morgan fingerprint density at radius 2 is 2.17 bits per heavy atom. The fourth-order valence-electron chi connectivity index (χ4n) is 1.48. The normalized spacial score (nSPS) is 10.3. The summed E-state index contributed by atoms with van der Waals surface area (Å²) in [5, 5.41) is 6.56. The Morgan fingerprint density at radius 3 is 2.78 bits per heavy atom. The summed E-state index contributed by atoms with van der Waals surface area (Å²) in [7, 11) is 1.57. The topological polar surface area (TPSA) is 50.4 Å². The van der Waals surface area contributed by atoms with Crippen molar-refractivity contribution in [2.24, 2.45) is 0 Å². The average molecular weight is 271 g/mol. The molecule has 0 saturated heterocycles. The standard InChI is InChI=1S/C13H19ClN2O2/c1-9(2)16-13(17)6-7-15-10-4-5-11(14)12(8-10)18-3/h4-5,8-9,15H,6-7H2,1-3H3,(H,16,17). The highest BCUT2D eigenvalue weighted by atomic mass is 35.5. The second kappa shape index (κ2) is 7.11. The van der Waals surface area contributed by atoms with Crippen LogP contribution in [0.5, 0.6) is 5.75 Å². The highest BCUT2D eigenvalue weighted by Gasteiger charge is 2.04. The van der Waals surface area contributed by atoms with E-state index in [0.29, 0.717) is 23.7 Å². The van der Waals surface area contributed by atoms with Crippen LogP contribution >= 0.6 is 11.6 Å². The van der Waals surface area contributed by atoms with Gasteiger partial charge in [-0.2, -0.15) is 0 Å². The van der Waals surface area contributed by atoms with Gasteiger partial charge < -0.3 is 15.4 Å². The molecule has 1 aromatic carbocycles. The minimum Gasteiger partial charge on any atom is -0.495 e. The zero-order chi connectivity index (χ0) is 13.5. The van der Waals surface area contributed by atoms with E-state index in [-0.39, 0.29) is 11.9 Å². The molecule has 0 aromatic heterocycles. The number of amides is 1. The summed E-state index contributed by atoms with van der Waals surface area (Å²) in [5.74, 6) is 0.659. The number of hydrogen-bond acceptors (Lipinski definition) is 3. The summed E-state index contributed by atoms with van der Waals surface area (Å²) in [5.41, 5.74) is 0.883. The van der Waals surface area contributed by atoms with Crippen LogP contribution in [0.2, 0.25) is 5.02 Å². The van der Waals surface area contributed by atoms with E-state index in [2.05, 4.69) is 10.6 Å². The summed E-state index contributed by atoms with van der Waals surface area (Å²) >= 11 is 5.92. The van der Waals surface area contributed by atoms with E-state index in [0.717, 1.165) is 5.69 Å². The van der Waals surface area contributed by atoms with E-state index in [1.807, 2.05) is 26.0 Å². The van der Waals surface area contributed by atoms with Gasteiger partial charge in [-0.05, 0) is 26.0 Å². The van der Waals surface area contributed by atoms with E-state index >= 15 is 0 Å². The van der Waals surface area contributed by atoms with E-state index in [4.69, 9.17) is 16.3 Å². The van der Waals surface area contributed by atoms with E-state index in [1.54, 1.807) is 13.2 Å². The first-order valence-corrected chi connectivity index (χ1v) is 6.27. The lowest BCUT2D eigenvalue weighted by Crippen LogP contribution is -2.31. The minimum absolute atomic E-state index is 0.0402. The monoisotopic (exact) mass is 270 g/mol. The Kier molecular flexibility index (Phi) is 5.78. The first-order valence-electron chi connectivity index (χ1n) is 5.89. The van der Waals surface area contributed by atoms with Crippen LogP contribution in [0.3, 0.4) is 0 Å². The SMILES string of the molecule is COc1cc(NCCC(=O)NC(C)C)ccc1Cl. The summed E-state index contributed by atoms with van der Waals surface area (Å²) in [6, 6.07) is 5.60. The van der Waals surface area contributed by atoms with Gasteiger partial charge in [-0.1, -0.05) is 11.6 Å². The number of nitrogens with one attached hydrogen (secondary N) is 2. The van der Waals surface area contributed by atoms with Crippen LogP contribution in [0.4, 0.5) is 5.69 Å². The van der Waals surface area contributed by atoms with Gasteiger partial charge in [0.2, 0.25) is 5.91 Å².